The lowest BCUT2D eigenvalue weighted by Gasteiger charge is -2.44. The zero-order chi connectivity index (χ0) is 14.0. The van der Waals surface area contributed by atoms with Crippen LogP contribution in [0.25, 0.3) is 0 Å². The molecular weight excluding hydrogens is 224 g/mol. The molecule has 1 fully saturated rings. The van der Waals surface area contributed by atoms with Crippen molar-refractivity contribution in [2.75, 3.05) is 19.6 Å². The van der Waals surface area contributed by atoms with Crippen molar-refractivity contribution in [1.29, 1.82) is 0 Å². The summed E-state index contributed by atoms with van der Waals surface area (Å²) in [6.07, 6.45) is 1.53. The van der Waals surface area contributed by atoms with Gasteiger partial charge in [0.1, 0.15) is 0 Å². The smallest absolute Gasteiger partial charge is 0.0757 e. The third kappa shape index (κ3) is 5.68. The largest absolute Gasteiger partial charge is 0.370 e. The molecule has 3 heteroatoms. The molecule has 1 N–H and O–H groups in total. The molecule has 0 spiro atoms. The van der Waals surface area contributed by atoms with Crippen LogP contribution in [0.3, 0.4) is 0 Å². The van der Waals surface area contributed by atoms with E-state index >= 15 is 0 Å². The first-order valence-electron chi connectivity index (χ1n) is 7.26. The number of hydrogen-bond acceptors (Lipinski definition) is 3. The topological polar surface area (TPSA) is 24.5 Å². The zero-order valence-corrected chi connectivity index (χ0v) is 13.3. The highest BCUT2D eigenvalue weighted by Gasteiger charge is 2.33. The van der Waals surface area contributed by atoms with Crippen LogP contribution in [-0.2, 0) is 4.74 Å². The third-order valence-electron chi connectivity index (χ3n) is 3.44. The van der Waals surface area contributed by atoms with Gasteiger partial charge in [-0.3, -0.25) is 4.90 Å². The number of rotatable bonds is 4. The Morgan fingerprint density at radius 1 is 1.39 bits per heavy atom. The van der Waals surface area contributed by atoms with Crippen LogP contribution in [0.4, 0.5) is 0 Å². The summed E-state index contributed by atoms with van der Waals surface area (Å²) >= 11 is 0. The summed E-state index contributed by atoms with van der Waals surface area (Å²) in [5.74, 6) is 0. The Kier molecular flexibility index (Phi) is 5.22. The van der Waals surface area contributed by atoms with Gasteiger partial charge in [0.2, 0.25) is 0 Å². The predicted molar refractivity (Wildman–Crippen MR) is 78.0 cm³/mol. The van der Waals surface area contributed by atoms with E-state index in [0.717, 1.165) is 19.6 Å². The summed E-state index contributed by atoms with van der Waals surface area (Å²) in [4.78, 5) is 2.57. The number of nitrogens with one attached hydrogen (secondary N) is 1. The van der Waals surface area contributed by atoms with Crippen molar-refractivity contribution < 1.29 is 4.74 Å². The molecule has 0 saturated carbocycles. The Bertz CT molecular complexity index is 258. The minimum atomic E-state index is -0.0105. The molecule has 2 unspecified atom stereocenters. The quantitative estimate of drug-likeness (QED) is 0.837. The van der Waals surface area contributed by atoms with Gasteiger partial charge in [-0.05, 0) is 61.4 Å². The summed E-state index contributed by atoms with van der Waals surface area (Å²) < 4.78 is 5.96. The highest BCUT2D eigenvalue weighted by atomic mass is 16.5. The van der Waals surface area contributed by atoms with Crippen molar-refractivity contribution in [2.24, 2.45) is 0 Å². The van der Waals surface area contributed by atoms with E-state index in [2.05, 4.69) is 58.7 Å². The summed E-state index contributed by atoms with van der Waals surface area (Å²) in [6.45, 7) is 18.7. The summed E-state index contributed by atoms with van der Waals surface area (Å²) in [5.41, 5.74) is 0.209. The van der Waals surface area contributed by atoms with E-state index in [1.54, 1.807) is 0 Å². The number of nitrogens with zero attached hydrogens (tertiary/aromatic N) is 1. The molecule has 0 bridgehead atoms. The number of hydrogen-bond donors (Lipinski definition) is 1. The highest BCUT2D eigenvalue weighted by Crippen LogP contribution is 2.23. The van der Waals surface area contributed by atoms with Gasteiger partial charge < -0.3 is 10.1 Å². The van der Waals surface area contributed by atoms with E-state index in [4.69, 9.17) is 4.74 Å². The lowest BCUT2D eigenvalue weighted by atomic mass is 10.0. The fourth-order valence-electron chi connectivity index (χ4n) is 2.68. The van der Waals surface area contributed by atoms with Gasteiger partial charge in [-0.1, -0.05) is 0 Å². The molecule has 0 radical (unpaired) electrons. The van der Waals surface area contributed by atoms with Gasteiger partial charge in [0.05, 0.1) is 11.7 Å². The van der Waals surface area contributed by atoms with Crippen molar-refractivity contribution in [3.05, 3.63) is 0 Å². The minimum Gasteiger partial charge on any atom is -0.370 e. The van der Waals surface area contributed by atoms with Gasteiger partial charge >= 0.3 is 0 Å². The second-order valence-corrected chi connectivity index (χ2v) is 7.43. The van der Waals surface area contributed by atoms with E-state index in [0.29, 0.717) is 12.1 Å². The summed E-state index contributed by atoms with van der Waals surface area (Å²) in [7, 11) is 0. The molecule has 0 aliphatic carbocycles. The van der Waals surface area contributed by atoms with E-state index < -0.39 is 0 Å². The third-order valence-corrected chi connectivity index (χ3v) is 3.44. The highest BCUT2D eigenvalue weighted by molar-refractivity contribution is 4.85. The Balaban J connectivity index is 2.39. The molecule has 3 nitrogen and oxygen atoms in total. The van der Waals surface area contributed by atoms with Crippen LogP contribution in [0.2, 0.25) is 0 Å². The lowest BCUT2D eigenvalue weighted by molar-refractivity contribution is -0.137. The van der Waals surface area contributed by atoms with Crippen LogP contribution in [0, 0.1) is 0 Å². The molecule has 1 rings (SSSR count). The molecular formula is C15H32N2O. The van der Waals surface area contributed by atoms with Gasteiger partial charge in [-0.2, -0.15) is 0 Å². The van der Waals surface area contributed by atoms with Crippen molar-refractivity contribution in [3.8, 4) is 0 Å². The molecule has 108 valence electrons. The Hall–Kier alpha value is -0.120. The number of morpholine rings is 1. The van der Waals surface area contributed by atoms with Crippen molar-refractivity contribution in [1.82, 2.24) is 10.2 Å². The molecule has 1 heterocycles. The first kappa shape index (κ1) is 15.9. The molecule has 1 aliphatic rings. The van der Waals surface area contributed by atoms with Crippen molar-refractivity contribution >= 4 is 0 Å². The second-order valence-electron chi connectivity index (χ2n) is 7.43. The van der Waals surface area contributed by atoms with Crippen LogP contribution >= 0.6 is 0 Å². The van der Waals surface area contributed by atoms with E-state index in [1.807, 2.05) is 0 Å². The molecule has 18 heavy (non-hydrogen) atoms. The summed E-state index contributed by atoms with van der Waals surface area (Å²) in [6, 6.07) is 0.616. The minimum absolute atomic E-state index is 0.0105. The average molecular weight is 256 g/mol. The van der Waals surface area contributed by atoms with Crippen LogP contribution in [-0.4, -0.2) is 47.8 Å². The van der Waals surface area contributed by atoms with Crippen LogP contribution in [0.5, 0.6) is 0 Å². The normalized spacial score (nSPS) is 27.2. The zero-order valence-electron chi connectivity index (χ0n) is 13.3. The molecule has 1 saturated heterocycles. The van der Waals surface area contributed by atoms with E-state index in [9.17, 15) is 0 Å². The van der Waals surface area contributed by atoms with Gasteiger partial charge in [-0.15, -0.1) is 0 Å². The van der Waals surface area contributed by atoms with Crippen LogP contribution in [0.15, 0.2) is 0 Å². The van der Waals surface area contributed by atoms with E-state index in [1.165, 1.54) is 6.42 Å². The van der Waals surface area contributed by atoms with Crippen molar-refractivity contribution in [3.63, 3.8) is 0 Å². The molecule has 2 atom stereocenters. The Morgan fingerprint density at radius 2 is 2.00 bits per heavy atom. The molecule has 0 aromatic rings. The van der Waals surface area contributed by atoms with Crippen molar-refractivity contribution in [2.45, 2.75) is 78.2 Å². The maximum atomic E-state index is 5.96. The lowest BCUT2D eigenvalue weighted by Crippen LogP contribution is -2.55. The molecule has 0 aromatic heterocycles. The fraction of sp³-hybridized carbons (Fsp3) is 1.00. The first-order valence-corrected chi connectivity index (χ1v) is 7.26. The maximum Gasteiger partial charge on any atom is 0.0757 e. The monoisotopic (exact) mass is 256 g/mol. The molecule has 0 aromatic carbocycles. The first-order chi connectivity index (χ1) is 8.09. The van der Waals surface area contributed by atoms with Gasteiger partial charge in [0, 0.05) is 24.7 Å². The maximum absolute atomic E-state index is 5.96. The van der Waals surface area contributed by atoms with Crippen LogP contribution < -0.4 is 5.32 Å². The average Bonchev–Trinajstić information content (AvgIpc) is 2.11. The molecule has 0 amide bonds. The molecule has 1 aliphatic heterocycles. The number of ether oxygens (including phenoxy) is 1. The predicted octanol–water partition coefficient (Wildman–Crippen LogP) is 2.65. The van der Waals surface area contributed by atoms with Gasteiger partial charge in [-0.25, -0.2) is 0 Å². The Labute approximate surface area is 113 Å². The summed E-state index contributed by atoms with van der Waals surface area (Å²) in [5, 5.41) is 3.57. The SMILES string of the molecule is CC1CN(C(C)CCNC(C)(C)C)CC(C)(C)O1. The van der Waals surface area contributed by atoms with Crippen LogP contribution in [0.1, 0.15) is 54.9 Å². The Morgan fingerprint density at radius 3 is 2.50 bits per heavy atom. The van der Waals surface area contributed by atoms with Gasteiger partial charge in [0.25, 0.3) is 0 Å². The second kappa shape index (κ2) is 5.89. The standard InChI is InChI=1S/C15H32N2O/c1-12(8-9-16-14(3,4)5)17-10-13(2)18-15(6,7)11-17/h12-13,16H,8-11H2,1-7H3. The van der Waals surface area contributed by atoms with Gasteiger partial charge in [0.15, 0.2) is 0 Å². The fourth-order valence-corrected chi connectivity index (χ4v) is 2.68. The van der Waals surface area contributed by atoms with E-state index in [-0.39, 0.29) is 11.1 Å².